The lowest BCUT2D eigenvalue weighted by atomic mass is 10.2. The van der Waals surface area contributed by atoms with Gasteiger partial charge in [-0.25, -0.2) is 0 Å². The molecular formula is C13H21N3. The summed E-state index contributed by atoms with van der Waals surface area (Å²) in [5.41, 5.74) is 2.32. The first-order chi connectivity index (χ1) is 7.76. The highest BCUT2D eigenvalue weighted by atomic mass is 15.1. The molecule has 0 radical (unpaired) electrons. The number of hydrogen-bond donors (Lipinski definition) is 1. The highest BCUT2D eigenvalue weighted by molar-refractivity contribution is 5.05. The number of likely N-dealkylation sites (N-methyl/N-ethyl adjacent to an activating group) is 2. The van der Waals surface area contributed by atoms with E-state index in [9.17, 15) is 0 Å². The molecule has 0 atom stereocenters. The van der Waals surface area contributed by atoms with E-state index in [1.807, 2.05) is 25.4 Å². The first-order valence-electron chi connectivity index (χ1n) is 5.69. The summed E-state index contributed by atoms with van der Waals surface area (Å²) in [4.78, 5) is 6.67. The van der Waals surface area contributed by atoms with Crippen LogP contribution < -0.4 is 5.32 Å². The molecule has 1 aromatic heterocycles. The Morgan fingerprint density at radius 1 is 1.50 bits per heavy atom. The molecule has 0 spiro atoms. The van der Waals surface area contributed by atoms with Crippen molar-refractivity contribution in [3.63, 3.8) is 0 Å². The average molecular weight is 219 g/mol. The monoisotopic (exact) mass is 219 g/mol. The van der Waals surface area contributed by atoms with Gasteiger partial charge < -0.3 is 5.32 Å². The molecule has 3 nitrogen and oxygen atoms in total. The Morgan fingerprint density at radius 2 is 2.31 bits per heavy atom. The average Bonchev–Trinajstić information content (AvgIpc) is 2.30. The molecule has 0 unspecified atom stereocenters. The van der Waals surface area contributed by atoms with Gasteiger partial charge in [-0.1, -0.05) is 19.6 Å². The second-order valence-corrected chi connectivity index (χ2v) is 3.90. The van der Waals surface area contributed by atoms with E-state index in [0.29, 0.717) is 0 Å². The second kappa shape index (κ2) is 7.14. The third-order valence-corrected chi connectivity index (χ3v) is 2.43. The van der Waals surface area contributed by atoms with Crippen molar-refractivity contribution in [2.75, 3.05) is 26.7 Å². The van der Waals surface area contributed by atoms with Crippen LogP contribution in [0.5, 0.6) is 0 Å². The number of aromatic nitrogens is 1. The van der Waals surface area contributed by atoms with Gasteiger partial charge in [0, 0.05) is 25.8 Å². The number of hydrogen-bond acceptors (Lipinski definition) is 3. The van der Waals surface area contributed by atoms with Crippen LogP contribution in [0.4, 0.5) is 0 Å². The SMILES string of the molecule is C=C(CNC)CN(CC)Cc1ccccn1. The summed E-state index contributed by atoms with van der Waals surface area (Å²) in [6, 6.07) is 6.03. The fraction of sp³-hybridized carbons (Fsp3) is 0.462. The van der Waals surface area contributed by atoms with Crippen LogP contribution in [0.25, 0.3) is 0 Å². The van der Waals surface area contributed by atoms with E-state index in [2.05, 4.69) is 34.8 Å². The second-order valence-electron chi connectivity index (χ2n) is 3.90. The van der Waals surface area contributed by atoms with Crippen molar-refractivity contribution >= 4 is 0 Å². The van der Waals surface area contributed by atoms with Gasteiger partial charge in [-0.05, 0) is 31.3 Å². The van der Waals surface area contributed by atoms with E-state index in [4.69, 9.17) is 0 Å². The Balaban J connectivity index is 2.46. The maximum Gasteiger partial charge on any atom is 0.0544 e. The number of rotatable bonds is 7. The largest absolute Gasteiger partial charge is 0.316 e. The number of nitrogens with one attached hydrogen (secondary N) is 1. The number of nitrogens with zero attached hydrogens (tertiary/aromatic N) is 2. The van der Waals surface area contributed by atoms with Crippen LogP contribution in [-0.2, 0) is 6.54 Å². The number of pyridine rings is 1. The van der Waals surface area contributed by atoms with E-state index in [1.54, 1.807) is 0 Å². The summed E-state index contributed by atoms with van der Waals surface area (Å²) in [6.07, 6.45) is 1.84. The van der Waals surface area contributed by atoms with E-state index in [0.717, 1.165) is 31.9 Å². The van der Waals surface area contributed by atoms with Gasteiger partial charge in [-0.15, -0.1) is 0 Å². The van der Waals surface area contributed by atoms with Gasteiger partial charge in [-0.2, -0.15) is 0 Å². The van der Waals surface area contributed by atoms with Gasteiger partial charge in [0.2, 0.25) is 0 Å². The van der Waals surface area contributed by atoms with Crippen molar-refractivity contribution < 1.29 is 0 Å². The fourth-order valence-corrected chi connectivity index (χ4v) is 1.62. The molecule has 1 rings (SSSR count). The zero-order valence-corrected chi connectivity index (χ0v) is 10.2. The molecule has 16 heavy (non-hydrogen) atoms. The minimum atomic E-state index is 0.874. The Morgan fingerprint density at radius 3 is 2.88 bits per heavy atom. The zero-order valence-electron chi connectivity index (χ0n) is 10.2. The molecule has 0 saturated heterocycles. The van der Waals surface area contributed by atoms with Crippen LogP contribution in [0.3, 0.4) is 0 Å². The van der Waals surface area contributed by atoms with Crippen LogP contribution in [-0.4, -0.2) is 36.6 Å². The Labute approximate surface area is 98.2 Å². The quantitative estimate of drug-likeness (QED) is 0.707. The van der Waals surface area contributed by atoms with Crippen molar-refractivity contribution in [1.29, 1.82) is 0 Å². The van der Waals surface area contributed by atoms with E-state index < -0.39 is 0 Å². The van der Waals surface area contributed by atoms with Gasteiger partial charge >= 0.3 is 0 Å². The van der Waals surface area contributed by atoms with Crippen molar-refractivity contribution in [2.45, 2.75) is 13.5 Å². The van der Waals surface area contributed by atoms with Crippen molar-refractivity contribution in [3.05, 3.63) is 42.2 Å². The molecule has 0 bridgehead atoms. The summed E-state index contributed by atoms with van der Waals surface area (Å²) in [7, 11) is 1.94. The van der Waals surface area contributed by atoms with Crippen LogP contribution in [0.15, 0.2) is 36.5 Å². The molecule has 1 N–H and O–H groups in total. The highest BCUT2D eigenvalue weighted by Crippen LogP contribution is 2.03. The summed E-state index contributed by atoms with van der Waals surface area (Å²) in [5, 5.41) is 3.12. The van der Waals surface area contributed by atoms with E-state index in [-0.39, 0.29) is 0 Å². The minimum Gasteiger partial charge on any atom is -0.316 e. The highest BCUT2D eigenvalue weighted by Gasteiger charge is 2.05. The fourth-order valence-electron chi connectivity index (χ4n) is 1.62. The molecule has 0 aliphatic carbocycles. The van der Waals surface area contributed by atoms with E-state index >= 15 is 0 Å². The van der Waals surface area contributed by atoms with Gasteiger partial charge in [0.25, 0.3) is 0 Å². The Kier molecular flexibility index (Phi) is 5.75. The van der Waals surface area contributed by atoms with Crippen LogP contribution >= 0.6 is 0 Å². The zero-order chi connectivity index (χ0) is 11.8. The summed E-state index contributed by atoms with van der Waals surface area (Å²) >= 11 is 0. The van der Waals surface area contributed by atoms with Gasteiger partial charge in [0.15, 0.2) is 0 Å². The van der Waals surface area contributed by atoms with Crippen molar-refractivity contribution in [1.82, 2.24) is 15.2 Å². The first kappa shape index (κ1) is 12.9. The molecule has 1 aromatic rings. The van der Waals surface area contributed by atoms with Gasteiger partial charge in [-0.3, -0.25) is 9.88 Å². The van der Waals surface area contributed by atoms with Gasteiger partial charge in [0.05, 0.1) is 5.69 Å². The molecule has 0 aliphatic rings. The normalized spacial score (nSPS) is 10.7. The minimum absolute atomic E-state index is 0.874. The maximum absolute atomic E-state index is 4.33. The molecule has 1 heterocycles. The molecule has 0 aromatic carbocycles. The molecule has 0 saturated carbocycles. The standard InChI is InChI=1S/C13H21N3/c1-4-16(10-12(2)9-14-3)11-13-7-5-6-8-15-13/h5-8,14H,2,4,9-11H2,1,3H3. The lowest BCUT2D eigenvalue weighted by Crippen LogP contribution is -2.28. The topological polar surface area (TPSA) is 28.2 Å². The Bertz CT molecular complexity index is 308. The molecule has 88 valence electrons. The predicted octanol–water partition coefficient (Wildman–Crippen LogP) is 1.68. The van der Waals surface area contributed by atoms with Crippen LogP contribution in [0.2, 0.25) is 0 Å². The lowest BCUT2D eigenvalue weighted by Gasteiger charge is -2.21. The molecule has 0 amide bonds. The lowest BCUT2D eigenvalue weighted by molar-refractivity contribution is 0.299. The smallest absolute Gasteiger partial charge is 0.0544 e. The predicted molar refractivity (Wildman–Crippen MR) is 68.3 cm³/mol. The summed E-state index contributed by atoms with van der Waals surface area (Å²) in [5.74, 6) is 0. The first-order valence-corrected chi connectivity index (χ1v) is 5.69. The van der Waals surface area contributed by atoms with Crippen LogP contribution in [0, 0.1) is 0 Å². The third-order valence-electron chi connectivity index (χ3n) is 2.43. The summed E-state index contributed by atoms with van der Waals surface area (Å²) < 4.78 is 0. The van der Waals surface area contributed by atoms with Crippen LogP contribution in [0.1, 0.15) is 12.6 Å². The van der Waals surface area contributed by atoms with Crippen molar-refractivity contribution in [3.8, 4) is 0 Å². The maximum atomic E-state index is 4.33. The molecular weight excluding hydrogens is 198 g/mol. The molecule has 0 fully saturated rings. The van der Waals surface area contributed by atoms with Gasteiger partial charge in [0.1, 0.15) is 0 Å². The Hall–Kier alpha value is -1.19. The summed E-state index contributed by atoms with van der Waals surface area (Å²) in [6.45, 7) is 9.91. The third kappa shape index (κ3) is 4.55. The van der Waals surface area contributed by atoms with E-state index in [1.165, 1.54) is 5.57 Å². The molecule has 0 aliphatic heterocycles. The molecule has 3 heteroatoms. The van der Waals surface area contributed by atoms with Crippen molar-refractivity contribution in [2.24, 2.45) is 0 Å².